The SMILES string of the molecule is CCOC(=O)C1CCC(Oc2ccc(C(=O)NCCNC(=O)c3ccc(OCc4cccc(Cl)c4)cc3)cc2)CC1. The van der Waals surface area contributed by atoms with Gasteiger partial charge >= 0.3 is 5.97 Å². The molecule has 0 bridgehead atoms. The molecule has 9 heteroatoms. The number of esters is 1. The number of benzene rings is 3. The van der Waals surface area contributed by atoms with E-state index in [1.165, 1.54) is 0 Å². The van der Waals surface area contributed by atoms with Crippen LogP contribution >= 0.6 is 11.6 Å². The predicted molar refractivity (Wildman–Crippen MR) is 156 cm³/mol. The van der Waals surface area contributed by atoms with E-state index in [1.54, 1.807) is 54.6 Å². The molecule has 216 valence electrons. The molecule has 0 atom stereocenters. The Morgan fingerprint density at radius 3 is 1.95 bits per heavy atom. The minimum Gasteiger partial charge on any atom is -0.490 e. The molecule has 0 radical (unpaired) electrons. The smallest absolute Gasteiger partial charge is 0.308 e. The van der Waals surface area contributed by atoms with Crippen molar-refractivity contribution in [3.8, 4) is 11.5 Å². The van der Waals surface area contributed by atoms with Gasteiger partial charge in [0.15, 0.2) is 0 Å². The number of amides is 2. The maximum absolute atomic E-state index is 12.5. The summed E-state index contributed by atoms with van der Waals surface area (Å²) in [6, 6.07) is 21.3. The predicted octanol–water partition coefficient (Wildman–Crippen LogP) is 5.58. The molecule has 4 rings (SSSR count). The van der Waals surface area contributed by atoms with Crippen LogP contribution in [0.15, 0.2) is 72.8 Å². The van der Waals surface area contributed by atoms with Crippen molar-refractivity contribution in [2.24, 2.45) is 5.92 Å². The average Bonchev–Trinajstić information content (AvgIpc) is 2.99. The first-order valence-electron chi connectivity index (χ1n) is 13.9. The molecule has 2 N–H and O–H groups in total. The van der Waals surface area contributed by atoms with E-state index in [0.717, 1.165) is 31.2 Å². The lowest BCUT2D eigenvalue weighted by Gasteiger charge is -2.27. The van der Waals surface area contributed by atoms with Gasteiger partial charge in [-0.05, 0) is 98.8 Å². The first-order chi connectivity index (χ1) is 19.9. The van der Waals surface area contributed by atoms with Crippen LogP contribution in [0, 0.1) is 5.92 Å². The van der Waals surface area contributed by atoms with Crippen molar-refractivity contribution in [1.82, 2.24) is 10.6 Å². The third-order valence-electron chi connectivity index (χ3n) is 6.82. The fourth-order valence-corrected chi connectivity index (χ4v) is 4.82. The lowest BCUT2D eigenvalue weighted by molar-refractivity contribution is -0.149. The van der Waals surface area contributed by atoms with Crippen LogP contribution in [-0.4, -0.2) is 43.6 Å². The number of nitrogens with one attached hydrogen (secondary N) is 2. The summed E-state index contributed by atoms with van der Waals surface area (Å²) in [5, 5.41) is 6.27. The van der Waals surface area contributed by atoms with E-state index in [2.05, 4.69) is 10.6 Å². The third-order valence-corrected chi connectivity index (χ3v) is 7.06. The standard InChI is InChI=1S/C32H35ClN2O6/c1-2-39-32(38)25-10-16-29(17-11-25)41-28-14-8-24(9-15-28)31(37)35-19-18-34-30(36)23-6-12-27(13-7-23)40-21-22-4-3-5-26(33)20-22/h3-9,12-15,20,25,29H,2,10-11,16-19,21H2,1H3,(H,34,36)(H,35,37). The number of carbonyl (C=O) groups excluding carboxylic acids is 3. The molecule has 1 saturated carbocycles. The van der Waals surface area contributed by atoms with Crippen LogP contribution in [0.1, 0.15) is 58.9 Å². The Morgan fingerprint density at radius 1 is 0.805 bits per heavy atom. The van der Waals surface area contributed by atoms with Crippen molar-refractivity contribution >= 4 is 29.4 Å². The monoisotopic (exact) mass is 578 g/mol. The number of carbonyl (C=O) groups is 3. The number of halogens is 1. The first-order valence-corrected chi connectivity index (χ1v) is 14.3. The summed E-state index contributed by atoms with van der Waals surface area (Å²) in [5.74, 6) is 0.699. The molecule has 0 heterocycles. The molecule has 0 aliphatic heterocycles. The Hall–Kier alpha value is -4.04. The Morgan fingerprint density at radius 2 is 1.39 bits per heavy atom. The molecule has 0 unspecified atom stereocenters. The van der Waals surface area contributed by atoms with Crippen molar-refractivity contribution in [3.05, 3.63) is 94.5 Å². The van der Waals surface area contributed by atoms with Gasteiger partial charge in [0.25, 0.3) is 11.8 Å². The van der Waals surface area contributed by atoms with E-state index in [0.29, 0.717) is 40.9 Å². The lowest BCUT2D eigenvalue weighted by Crippen LogP contribution is -2.34. The number of ether oxygens (including phenoxy) is 3. The van der Waals surface area contributed by atoms with Crippen molar-refractivity contribution in [2.75, 3.05) is 19.7 Å². The summed E-state index contributed by atoms with van der Waals surface area (Å²) in [4.78, 5) is 36.9. The number of hydrogen-bond acceptors (Lipinski definition) is 6. The highest BCUT2D eigenvalue weighted by Crippen LogP contribution is 2.28. The second kappa shape index (κ2) is 15.1. The minimum atomic E-state index is -0.238. The van der Waals surface area contributed by atoms with E-state index >= 15 is 0 Å². The van der Waals surface area contributed by atoms with E-state index in [1.807, 2.05) is 25.1 Å². The van der Waals surface area contributed by atoms with Gasteiger partial charge in [-0.25, -0.2) is 0 Å². The van der Waals surface area contributed by atoms with Crippen LogP contribution in [0.5, 0.6) is 11.5 Å². The first kappa shape index (κ1) is 29.9. The van der Waals surface area contributed by atoms with Gasteiger partial charge in [-0.2, -0.15) is 0 Å². The molecule has 41 heavy (non-hydrogen) atoms. The Kier molecular flexibility index (Phi) is 11.0. The Bertz CT molecular complexity index is 1300. The molecule has 1 fully saturated rings. The van der Waals surface area contributed by atoms with Gasteiger partial charge in [-0.15, -0.1) is 0 Å². The molecule has 0 spiro atoms. The fraction of sp³-hybridized carbons (Fsp3) is 0.344. The van der Waals surface area contributed by atoms with E-state index in [4.69, 9.17) is 25.8 Å². The van der Waals surface area contributed by atoms with Gasteiger partial charge in [0.05, 0.1) is 18.6 Å². The molecule has 8 nitrogen and oxygen atoms in total. The average molecular weight is 579 g/mol. The van der Waals surface area contributed by atoms with Gasteiger partial charge in [0, 0.05) is 29.2 Å². The second-order valence-corrected chi connectivity index (χ2v) is 10.3. The van der Waals surface area contributed by atoms with Crippen LogP contribution in [0.3, 0.4) is 0 Å². The van der Waals surface area contributed by atoms with Gasteiger partial charge < -0.3 is 24.8 Å². The summed E-state index contributed by atoms with van der Waals surface area (Å²) in [7, 11) is 0. The molecule has 1 aliphatic rings. The van der Waals surface area contributed by atoms with E-state index in [-0.39, 0.29) is 42.9 Å². The Labute approximate surface area is 245 Å². The van der Waals surface area contributed by atoms with Crippen molar-refractivity contribution in [1.29, 1.82) is 0 Å². The highest BCUT2D eigenvalue weighted by Gasteiger charge is 2.28. The van der Waals surface area contributed by atoms with E-state index < -0.39 is 0 Å². The van der Waals surface area contributed by atoms with Gasteiger partial charge in [0.2, 0.25) is 0 Å². The molecule has 1 aliphatic carbocycles. The zero-order chi connectivity index (χ0) is 29.0. The largest absolute Gasteiger partial charge is 0.490 e. The summed E-state index contributed by atoms with van der Waals surface area (Å²) >= 11 is 6.00. The van der Waals surface area contributed by atoms with Crippen LogP contribution in [0.2, 0.25) is 5.02 Å². The van der Waals surface area contributed by atoms with Crippen molar-refractivity contribution in [2.45, 2.75) is 45.3 Å². The van der Waals surface area contributed by atoms with Gasteiger partial charge in [0.1, 0.15) is 18.1 Å². The van der Waals surface area contributed by atoms with Crippen LogP contribution < -0.4 is 20.1 Å². The molecular weight excluding hydrogens is 544 g/mol. The lowest BCUT2D eigenvalue weighted by atomic mass is 9.87. The zero-order valence-corrected chi connectivity index (χ0v) is 23.8. The minimum absolute atomic E-state index is 0.0431. The topological polar surface area (TPSA) is 103 Å². The maximum atomic E-state index is 12.5. The quantitative estimate of drug-likeness (QED) is 0.215. The summed E-state index contributed by atoms with van der Waals surface area (Å²) in [6.07, 6.45) is 3.14. The summed E-state index contributed by atoms with van der Waals surface area (Å²) < 4.78 is 16.9. The third kappa shape index (κ3) is 9.25. The zero-order valence-electron chi connectivity index (χ0n) is 23.1. The van der Waals surface area contributed by atoms with Crippen molar-refractivity contribution < 1.29 is 28.6 Å². The highest BCUT2D eigenvalue weighted by atomic mass is 35.5. The molecule has 0 saturated heterocycles. The molecule has 2 amide bonds. The second-order valence-electron chi connectivity index (χ2n) is 9.82. The highest BCUT2D eigenvalue weighted by molar-refractivity contribution is 6.30. The molecular formula is C32H35ClN2O6. The fourth-order valence-electron chi connectivity index (χ4n) is 4.61. The van der Waals surface area contributed by atoms with Crippen LogP contribution in [0.4, 0.5) is 0 Å². The van der Waals surface area contributed by atoms with Gasteiger partial charge in [-0.1, -0.05) is 23.7 Å². The molecule has 3 aromatic rings. The normalized spacial score (nSPS) is 16.3. The number of hydrogen-bond donors (Lipinski definition) is 2. The van der Waals surface area contributed by atoms with Crippen LogP contribution in [-0.2, 0) is 16.1 Å². The summed E-state index contributed by atoms with van der Waals surface area (Å²) in [5.41, 5.74) is 1.95. The number of rotatable bonds is 12. The molecule has 0 aromatic heterocycles. The summed E-state index contributed by atoms with van der Waals surface area (Å²) in [6.45, 7) is 3.17. The van der Waals surface area contributed by atoms with Crippen molar-refractivity contribution in [3.63, 3.8) is 0 Å². The Balaban J connectivity index is 1.13. The molecule has 3 aromatic carbocycles. The maximum Gasteiger partial charge on any atom is 0.308 e. The van der Waals surface area contributed by atoms with E-state index in [9.17, 15) is 14.4 Å². The van der Waals surface area contributed by atoms with Crippen LogP contribution in [0.25, 0.3) is 0 Å². The van der Waals surface area contributed by atoms with Gasteiger partial charge in [-0.3, -0.25) is 14.4 Å².